The number of anilines is 1. The molecule has 0 spiro atoms. The topological polar surface area (TPSA) is 77.9 Å². The number of likely N-dealkylation sites (tertiary alicyclic amines) is 1. The van der Waals surface area contributed by atoms with Gasteiger partial charge in [-0.3, -0.25) is 9.88 Å². The van der Waals surface area contributed by atoms with Crippen molar-refractivity contribution in [2.45, 2.75) is 38.0 Å². The Morgan fingerprint density at radius 3 is 2.83 bits per heavy atom. The van der Waals surface area contributed by atoms with E-state index in [-0.39, 0.29) is 18.7 Å². The van der Waals surface area contributed by atoms with Gasteiger partial charge in [0.15, 0.2) is 0 Å². The molecular formula is C23H30N4O3. The maximum absolute atomic E-state index is 12.5. The van der Waals surface area contributed by atoms with Crippen LogP contribution in [-0.4, -0.2) is 70.9 Å². The van der Waals surface area contributed by atoms with Crippen molar-refractivity contribution in [3.63, 3.8) is 0 Å². The third-order valence-corrected chi connectivity index (χ3v) is 5.81. The smallest absolute Gasteiger partial charge is 0.409 e. The Balaban J connectivity index is 1.20. The van der Waals surface area contributed by atoms with Gasteiger partial charge in [0.25, 0.3) is 0 Å². The molecule has 0 saturated carbocycles. The number of piperidine rings is 1. The first kappa shape index (κ1) is 20.6. The summed E-state index contributed by atoms with van der Waals surface area (Å²) in [5.74, 6) is 0. The number of fused-ring (bicyclic) bond motifs is 1. The lowest BCUT2D eigenvalue weighted by Gasteiger charge is -2.33. The molecule has 0 radical (unpaired) electrons. The second-order valence-electron chi connectivity index (χ2n) is 8.15. The lowest BCUT2D eigenvalue weighted by Crippen LogP contribution is -2.46. The van der Waals surface area contributed by atoms with Gasteiger partial charge in [-0.05, 0) is 42.5 Å². The van der Waals surface area contributed by atoms with Crippen LogP contribution >= 0.6 is 0 Å². The normalized spacial score (nSPS) is 20.3. The molecule has 2 unspecified atom stereocenters. The quantitative estimate of drug-likeness (QED) is 0.762. The van der Waals surface area contributed by atoms with Gasteiger partial charge in [-0.2, -0.15) is 0 Å². The number of amides is 1. The van der Waals surface area contributed by atoms with E-state index in [0.29, 0.717) is 19.6 Å². The highest BCUT2D eigenvalue weighted by Gasteiger charge is 2.26. The number of nitrogens with one attached hydrogen (secondary N) is 1. The van der Waals surface area contributed by atoms with Crippen LogP contribution in [0, 0.1) is 0 Å². The van der Waals surface area contributed by atoms with Gasteiger partial charge < -0.3 is 20.1 Å². The number of β-amino-alcohol motifs (C(OH)–C–C–N with tert-alkyl or cyclic N) is 1. The standard InChI is InChI=1S/C23H30N4O3/c28-22(16-26-13-9-18-4-1-2-5-19(18)14-26)17-30-23(29)27-12-3-6-21(15-27)25-20-7-10-24-11-8-20/h1-2,4-5,7-8,10-11,21-22,28H,3,6,9,12-17H2,(H,24,25). The molecule has 7 nitrogen and oxygen atoms in total. The molecule has 0 aliphatic carbocycles. The SMILES string of the molecule is O=C(OCC(O)CN1CCc2ccccc2C1)N1CCCC(Nc2ccncc2)C1. The molecule has 7 heteroatoms. The van der Waals surface area contributed by atoms with Crippen LogP contribution in [-0.2, 0) is 17.7 Å². The Kier molecular flexibility index (Phi) is 6.81. The van der Waals surface area contributed by atoms with Crippen LogP contribution in [0.1, 0.15) is 24.0 Å². The summed E-state index contributed by atoms with van der Waals surface area (Å²) in [6.45, 7) is 3.56. The van der Waals surface area contributed by atoms with E-state index in [1.807, 2.05) is 12.1 Å². The minimum atomic E-state index is -0.685. The summed E-state index contributed by atoms with van der Waals surface area (Å²) in [7, 11) is 0. The summed E-state index contributed by atoms with van der Waals surface area (Å²) in [5.41, 5.74) is 3.70. The van der Waals surface area contributed by atoms with Gasteiger partial charge in [0.1, 0.15) is 12.7 Å². The zero-order valence-electron chi connectivity index (χ0n) is 17.2. The third-order valence-electron chi connectivity index (χ3n) is 5.81. The molecular weight excluding hydrogens is 380 g/mol. The van der Waals surface area contributed by atoms with E-state index in [0.717, 1.165) is 38.0 Å². The number of rotatable bonds is 6. The molecule has 3 heterocycles. The van der Waals surface area contributed by atoms with Crippen LogP contribution in [0.5, 0.6) is 0 Å². The molecule has 1 aromatic carbocycles. The number of benzene rings is 1. The first-order valence-electron chi connectivity index (χ1n) is 10.7. The average Bonchev–Trinajstić information content (AvgIpc) is 2.78. The number of ether oxygens (including phenoxy) is 1. The molecule has 2 aromatic rings. The van der Waals surface area contributed by atoms with E-state index >= 15 is 0 Å². The summed E-state index contributed by atoms with van der Waals surface area (Å²) in [6.07, 6.45) is 5.38. The molecule has 2 atom stereocenters. The van der Waals surface area contributed by atoms with Crippen LogP contribution < -0.4 is 5.32 Å². The summed E-state index contributed by atoms with van der Waals surface area (Å²) in [4.78, 5) is 20.5. The van der Waals surface area contributed by atoms with Crippen molar-refractivity contribution in [2.24, 2.45) is 0 Å². The fourth-order valence-electron chi connectivity index (χ4n) is 4.26. The maximum Gasteiger partial charge on any atom is 0.409 e. The fraction of sp³-hybridized carbons (Fsp3) is 0.478. The van der Waals surface area contributed by atoms with Gasteiger partial charge in [-0.15, -0.1) is 0 Å². The van der Waals surface area contributed by atoms with Gasteiger partial charge in [-0.1, -0.05) is 24.3 Å². The Morgan fingerprint density at radius 2 is 2.00 bits per heavy atom. The van der Waals surface area contributed by atoms with Crippen molar-refractivity contribution < 1.29 is 14.6 Å². The van der Waals surface area contributed by atoms with E-state index in [2.05, 4.69) is 39.5 Å². The summed E-state index contributed by atoms with van der Waals surface area (Å²) in [6, 6.07) is 12.5. The van der Waals surface area contributed by atoms with E-state index in [4.69, 9.17) is 4.74 Å². The molecule has 0 bridgehead atoms. The Hall–Kier alpha value is -2.64. The number of carbonyl (C=O) groups excluding carboxylic acids is 1. The second kappa shape index (κ2) is 9.91. The number of hydrogen-bond donors (Lipinski definition) is 2. The molecule has 2 aliphatic heterocycles. The number of pyridine rings is 1. The highest BCUT2D eigenvalue weighted by Crippen LogP contribution is 2.19. The van der Waals surface area contributed by atoms with Crippen LogP contribution in [0.15, 0.2) is 48.8 Å². The van der Waals surface area contributed by atoms with Crippen LogP contribution in [0.3, 0.4) is 0 Å². The van der Waals surface area contributed by atoms with Crippen LogP contribution in [0.2, 0.25) is 0 Å². The maximum atomic E-state index is 12.5. The summed E-state index contributed by atoms with van der Waals surface area (Å²) in [5, 5.41) is 13.8. The van der Waals surface area contributed by atoms with E-state index in [9.17, 15) is 9.90 Å². The number of carbonyl (C=O) groups is 1. The van der Waals surface area contributed by atoms with Crippen molar-refractivity contribution in [1.82, 2.24) is 14.8 Å². The van der Waals surface area contributed by atoms with Gasteiger partial charge in [0.2, 0.25) is 0 Å². The number of nitrogens with zero attached hydrogens (tertiary/aromatic N) is 3. The monoisotopic (exact) mass is 410 g/mol. The molecule has 1 aromatic heterocycles. The predicted octanol–water partition coefficient (Wildman–Crippen LogP) is 2.51. The number of hydrogen-bond acceptors (Lipinski definition) is 6. The van der Waals surface area contributed by atoms with E-state index in [1.165, 1.54) is 11.1 Å². The van der Waals surface area contributed by atoms with E-state index in [1.54, 1.807) is 17.3 Å². The minimum absolute atomic E-state index is 0.0237. The van der Waals surface area contributed by atoms with Gasteiger partial charge in [-0.25, -0.2) is 4.79 Å². The Morgan fingerprint density at radius 1 is 1.20 bits per heavy atom. The Bertz CT molecular complexity index is 832. The average molecular weight is 411 g/mol. The lowest BCUT2D eigenvalue weighted by molar-refractivity contribution is 0.0246. The van der Waals surface area contributed by atoms with E-state index < -0.39 is 6.10 Å². The molecule has 30 heavy (non-hydrogen) atoms. The van der Waals surface area contributed by atoms with Crippen molar-refractivity contribution in [3.8, 4) is 0 Å². The van der Waals surface area contributed by atoms with Gasteiger partial charge in [0.05, 0.1) is 0 Å². The first-order chi connectivity index (χ1) is 14.7. The number of aliphatic hydroxyl groups excluding tert-OH is 1. The van der Waals surface area contributed by atoms with Crippen molar-refractivity contribution in [2.75, 3.05) is 38.1 Å². The highest BCUT2D eigenvalue weighted by atomic mass is 16.6. The molecule has 160 valence electrons. The molecule has 1 amide bonds. The molecule has 2 N–H and O–H groups in total. The first-order valence-corrected chi connectivity index (χ1v) is 10.7. The fourth-order valence-corrected chi connectivity index (χ4v) is 4.26. The largest absolute Gasteiger partial charge is 0.447 e. The lowest BCUT2D eigenvalue weighted by atomic mass is 10.00. The molecule has 1 fully saturated rings. The van der Waals surface area contributed by atoms with Gasteiger partial charge in [0, 0.05) is 56.8 Å². The second-order valence-corrected chi connectivity index (χ2v) is 8.15. The molecule has 2 aliphatic rings. The minimum Gasteiger partial charge on any atom is -0.447 e. The number of aromatic nitrogens is 1. The van der Waals surface area contributed by atoms with Gasteiger partial charge >= 0.3 is 6.09 Å². The summed E-state index contributed by atoms with van der Waals surface area (Å²) < 4.78 is 5.43. The predicted molar refractivity (Wildman–Crippen MR) is 115 cm³/mol. The zero-order chi connectivity index (χ0) is 20.8. The molecule has 4 rings (SSSR count). The Labute approximate surface area is 177 Å². The van der Waals surface area contributed by atoms with Crippen molar-refractivity contribution in [3.05, 3.63) is 59.9 Å². The zero-order valence-corrected chi connectivity index (χ0v) is 17.2. The summed E-state index contributed by atoms with van der Waals surface area (Å²) >= 11 is 0. The van der Waals surface area contributed by atoms with Crippen LogP contribution in [0.25, 0.3) is 0 Å². The number of aliphatic hydroxyl groups is 1. The third kappa shape index (κ3) is 5.49. The van der Waals surface area contributed by atoms with Crippen molar-refractivity contribution >= 4 is 11.8 Å². The molecule has 1 saturated heterocycles. The van der Waals surface area contributed by atoms with Crippen LogP contribution in [0.4, 0.5) is 10.5 Å². The highest BCUT2D eigenvalue weighted by molar-refractivity contribution is 5.68. The van der Waals surface area contributed by atoms with Crippen molar-refractivity contribution in [1.29, 1.82) is 0 Å².